The van der Waals surface area contributed by atoms with Crippen molar-refractivity contribution in [2.24, 2.45) is 50.2 Å². The normalized spacial score (nSPS) is 54.1. The molecule has 0 unspecified atom stereocenters. The number of carbonyl (C=O) groups excluding carboxylic acids is 2. The molecule has 9 atom stereocenters. The van der Waals surface area contributed by atoms with Gasteiger partial charge in [-0.05, 0) is 103 Å². The Balaban J connectivity index is 1.62. The number of ketones is 1. The number of hydrogen-bond donors (Lipinski definition) is 1. The Morgan fingerprint density at radius 3 is 2.24 bits per heavy atom. The second-order valence-corrected chi connectivity index (χ2v) is 14.9. The number of aliphatic hydroxyl groups is 1. The van der Waals surface area contributed by atoms with Crippen LogP contribution in [0.5, 0.6) is 0 Å². The number of allylic oxidation sites excluding steroid dienone is 2. The van der Waals surface area contributed by atoms with Gasteiger partial charge in [0.05, 0.1) is 6.10 Å². The first-order chi connectivity index (χ1) is 15.6. The van der Waals surface area contributed by atoms with Gasteiger partial charge in [0.2, 0.25) is 0 Å². The van der Waals surface area contributed by atoms with Gasteiger partial charge in [-0.2, -0.15) is 0 Å². The Labute approximate surface area is 206 Å². The average Bonchev–Trinajstić information content (AvgIpc) is 2.73. The predicted molar refractivity (Wildman–Crippen MR) is 130 cm³/mol. The molecule has 0 radical (unpaired) electrons. The molecule has 0 spiro atoms. The molecule has 4 fully saturated rings. The minimum atomic E-state index is -0.940. The number of carbonyl (C=O) groups is 2. The summed E-state index contributed by atoms with van der Waals surface area (Å²) in [5.41, 5.74) is -0.0781. The van der Waals surface area contributed by atoms with Crippen molar-refractivity contribution >= 4 is 11.8 Å². The van der Waals surface area contributed by atoms with Crippen molar-refractivity contribution in [1.29, 1.82) is 0 Å². The van der Waals surface area contributed by atoms with Gasteiger partial charge >= 0.3 is 0 Å². The van der Waals surface area contributed by atoms with E-state index in [4.69, 9.17) is 0 Å². The Bertz CT molecular complexity index is 965. The van der Waals surface area contributed by atoms with Gasteiger partial charge < -0.3 is 15.0 Å². The topological polar surface area (TPSA) is 77.4 Å². The maximum Gasteiger partial charge on any atom is 0.159 e. The zero-order valence-electron chi connectivity index (χ0n) is 22.4. The molecule has 5 aliphatic rings. The van der Waals surface area contributed by atoms with Gasteiger partial charge in [0.15, 0.2) is 5.78 Å². The van der Waals surface area contributed by atoms with Crippen molar-refractivity contribution in [2.75, 3.05) is 0 Å². The van der Waals surface area contributed by atoms with Gasteiger partial charge in [-0.15, -0.1) is 0 Å². The van der Waals surface area contributed by atoms with Crippen LogP contribution < -0.4 is 5.11 Å². The summed E-state index contributed by atoms with van der Waals surface area (Å²) in [5.74, 6) is -0.266. The number of carboxylic acids is 1. The highest BCUT2D eigenvalue weighted by Gasteiger charge is 2.70. The minimum Gasteiger partial charge on any atom is -0.550 e. The quantitative estimate of drug-likeness (QED) is 0.581. The summed E-state index contributed by atoms with van der Waals surface area (Å²) in [5, 5.41) is 23.0. The molecule has 0 aromatic carbocycles. The van der Waals surface area contributed by atoms with E-state index in [1.807, 2.05) is 13.0 Å². The molecule has 0 heterocycles. The highest BCUT2D eigenvalue weighted by Crippen LogP contribution is 2.75. The lowest BCUT2D eigenvalue weighted by atomic mass is 9.33. The summed E-state index contributed by atoms with van der Waals surface area (Å²) in [6.45, 7) is 15.7. The van der Waals surface area contributed by atoms with Gasteiger partial charge in [-0.25, -0.2) is 0 Å². The second kappa shape index (κ2) is 6.99. The summed E-state index contributed by atoms with van der Waals surface area (Å²) in [6.07, 6.45) is 9.69. The van der Waals surface area contributed by atoms with Crippen molar-refractivity contribution in [3.8, 4) is 0 Å². The Morgan fingerprint density at radius 2 is 1.59 bits per heavy atom. The van der Waals surface area contributed by atoms with E-state index in [-0.39, 0.29) is 50.8 Å². The van der Waals surface area contributed by atoms with E-state index < -0.39 is 11.4 Å². The van der Waals surface area contributed by atoms with Crippen molar-refractivity contribution in [3.63, 3.8) is 0 Å². The van der Waals surface area contributed by atoms with Crippen LogP contribution in [-0.2, 0) is 9.59 Å². The second-order valence-electron chi connectivity index (χ2n) is 14.9. The van der Waals surface area contributed by atoms with Crippen molar-refractivity contribution in [1.82, 2.24) is 0 Å². The monoisotopic (exact) mass is 469 g/mol. The standard InChI is InChI=1S/C30H46O4/c1-25(2)21-8-11-30(7)23(28(21,5)10-9-22(25)32)20(31)16-18-19-17-27(4,24(33)34)13-12-26(19,3)14-15-29(18,30)6/h16,19,21-23,32H,8-15,17H2,1-7H3,(H,33,34)/p-1/t19-,21+,22+,23-,26-,27+,28-,29+,30-/m1/s1. The molecule has 5 aliphatic carbocycles. The summed E-state index contributed by atoms with van der Waals surface area (Å²) < 4.78 is 0. The third-order valence-corrected chi connectivity index (χ3v) is 13.0. The molecule has 0 bridgehead atoms. The third kappa shape index (κ3) is 2.81. The fourth-order valence-corrected chi connectivity index (χ4v) is 10.4. The summed E-state index contributed by atoms with van der Waals surface area (Å²) >= 11 is 0. The van der Waals surface area contributed by atoms with Crippen LogP contribution in [0.25, 0.3) is 0 Å². The van der Waals surface area contributed by atoms with Gasteiger partial charge in [0.1, 0.15) is 0 Å². The molecule has 1 N–H and O–H groups in total. The lowest BCUT2D eigenvalue weighted by Gasteiger charge is -2.70. The largest absolute Gasteiger partial charge is 0.550 e. The van der Waals surface area contributed by atoms with Crippen molar-refractivity contribution in [2.45, 2.75) is 112 Å². The number of fused-ring (bicyclic) bond motifs is 7. The first kappa shape index (κ1) is 24.5. The molecule has 190 valence electrons. The number of carboxylic acid groups (broad SMARTS) is 1. The highest BCUT2D eigenvalue weighted by atomic mass is 16.4. The maximum atomic E-state index is 14.2. The molecule has 5 rings (SSSR count). The highest BCUT2D eigenvalue weighted by molar-refractivity contribution is 5.95. The molecule has 4 heteroatoms. The average molecular weight is 470 g/mol. The van der Waals surface area contributed by atoms with Crippen LogP contribution in [0.15, 0.2) is 11.6 Å². The molecule has 0 aromatic heterocycles. The first-order valence-electron chi connectivity index (χ1n) is 13.7. The number of rotatable bonds is 1. The molecule has 0 aliphatic heterocycles. The van der Waals surface area contributed by atoms with Crippen LogP contribution in [0.1, 0.15) is 106 Å². The van der Waals surface area contributed by atoms with E-state index in [1.165, 1.54) is 5.57 Å². The van der Waals surface area contributed by atoms with Crippen LogP contribution in [0, 0.1) is 50.2 Å². The van der Waals surface area contributed by atoms with Gasteiger partial charge in [0.25, 0.3) is 0 Å². The van der Waals surface area contributed by atoms with Crippen molar-refractivity contribution < 1.29 is 19.8 Å². The molecule has 0 aromatic rings. The van der Waals surface area contributed by atoms with E-state index >= 15 is 0 Å². The molecular formula is C30H45O4-. The predicted octanol–water partition coefficient (Wildman–Crippen LogP) is 5.08. The number of aliphatic carboxylic acids is 1. The lowest BCUT2D eigenvalue weighted by molar-refractivity contribution is -0.321. The smallest absolute Gasteiger partial charge is 0.159 e. The number of aliphatic hydroxyl groups excluding tert-OH is 1. The van der Waals surface area contributed by atoms with E-state index in [2.05, 4.69) is 41.5 Å². The van der Waals surface area contributed by atoms with E-state index in [9.17, 15) is 19.8 Å². The molecular weight excluding hydrogens is 424 g/mol. The van der Waals surface area contributed by atoms with Gasteiger partial charge in [-0.1, -0.05) is 54.0 Å². The summed E-state index contributed by atoms with van der Waals surface area (Å²) in [6, 6.07) is 0. The van der Waals surface area contributed by atoms with E-state index in [0.717, 1.165) is 44.9 Å². The van der Waals surface area contributed by atoms with E-state index in [0.29, 0.717) is 18.8 Å². The zero-order chi connectivity index (χ0) is 25.1. The minimum absolute atomic E-state index is 0.0419. The third-order valence-electron chi connectivity index (χ3n) is 13.0. The van der Waals surface area contributed by atoms with Crippen LogP contribution in [0.3, 0.4) is 0 Å². The first-order valence-corrected chi connectivity index (χ1v) is 13.7. The van der Waals surface area contributed by atoms with Crippen LogP contribution in [-0.4, -0.2) is 23.0 Å². The summed E-state index contributed by atoms with van der Waals surface area (Å²) in [4.78, 5) is 26.3. The van der Waals surface area contributed by atoms with Crippen molar-refractivity contribution in [3.05, 3.63) is 11.6 Å². The van der Waals surface area contributed by atoms with E-state index in [1.54, 1.807) is 0 Å². The Kier molecular flexibility index (Phi) is 5.04. The molecule has 0 saturated heterocycles. The van der Waals surface area contributed by atoms with Crippen LogP contribution >= 0.6 is 0 Å². The van der Waals surface area contributed by atoms with Gasteiger partial charge in [0, 0.05) is 17.3 Å². The Hall–Kier alpha value is -1.16. The lowest BCUT2D eigenvalue weighted by Crippen LogP contribution is -2.66. The van der Waals surface area contributed by atoms with Gasteiger partial charge in [-0.3, -0.25) is 4.79 Å². The van der Waals surface area contributed by atoms with Crippen LogP contribution in [0.4, 0.5) is 0 Å². The number of hydrogen-bond acceptors (Lipinski definition) is 4. The Morgan fingerprint density at radius 1 is 0.941 bits per heavy atom. The molecule has 0 amide bonds. The fourth-order valence-electron chi connectivity index (χ4n) is 10.4. The molecule has 34 heavy (non-hydrogen) atoms. The zero-order valence-corrected chi connectivity index (χ0v) is 22.4. The SMILES string of the molecule is CC1(C)[C@@H](O)CC[C@@]2(C)[C@H]3C(=O)C=C4[C@H]5C[C@@](C)(C(=O)[O-])CC[C@]5(C)CC[C@]4(C)[C@]3(C)CC[C@@H]12. The van der Waals surface area contributed by atoms with Crippen LogP contribution in [0.2, 0.25) is 0 Å². The summed E-state index contributed by atoms with van der Waals surface area (Å²) in [7, 11) is 0. The fraction of sp³-hybridized carbons (Fsp3) is 0.867. The molecule has 4 nitrogen and oxygen atoms in total. The molecule has 4 saturated carbocycles. The maximum absolute atomic E-state index is 14.2.